The van der Waals surface area contributed by atoms with E-state index in [0.717, 1.165) is 50.1 Å². The first kappa shape index (κ1) is 87.8. The molecule has 0 spiro atoms. The predicted octanol–water partition coefficient (Wildman–Crippen LogP) is 19.7. The molecule has 0 atom stereocenters. The maximum absolute atomic E-state index is 11.1. The number of nitrogens with zero attached hydrogens (tertiary/aromatic N) is 18. The van der Waals surface area contributed by atoms with E-state index >= 15 is 0 Å². The van der Waals surface area contributed by atoms with Gasteiger partial charge in [0, 0.05) is 66.8 Å². The Balaban J connectivity index is 0.635. The fourth-order valence-corrected chi connectivity index (χ4v) is 15.0. The van der Waals surface area contributed by atoms with Crippen molar-refractivity contribution >= 4 is 51.4 Å². The summed E-state index contributed by atoms with van der Waals surface area (Å²) < 4.78 is 0. The van der Waals surface area contributed by atoms with Gasteiger partial charge in [-0.1, -0.05) is 162 Å². The molecule has 135 heavy (non-hydrogen) atoms. The maximum Gasteiger partial charge on any atom is 0.329 e. The Morgan fingerprint density at radius 1 is 0.111 bits per heavy atom. The van der Waals surface area contributed by atoms with E-state index in [2.05, 4.69) is 114 Å². The lowest BCUT2D eigenvalue weighted by molar-refractivity contribution is -0.00400. The van der Waals surface area contributed by atoms with Crippen molar-refractivity contribution in [1.82, 2.24) is 0 Å². The molecule has 0 amide bonds. The Morgan fingerprint density at radius 2 is 0.237 bits per heavy atom. The van der Waals surface area contributed by atoms with E-state index in [1.54, 1.807) is 91.0 Å². The minimum absolute atomic E-state index is 0.103. The second kappa shape index (κ2) is 42.5. The highest BCUT2D eigenvalue weighted by Gasteiger charge is 2.29. The molecule has 0 unspecified atom stereocenters. The van der Waals surface area contributed by atoms with Gasteiger partial charge in [0.05, 0.1) is 100 Å². The zero-order valence-electron chi connectivity index (χ0n) is 71.7. The lowest BCUT2D eigenvalue weighted by Crippen LogP contribution is -2.13. The molecule has 624 valence electrons. The van der Waals surface area contributed by atoms with Crippen LogP contribution in [0.1, 0.15) is 167 Å². The molecule has 16 aromatic rings. The second-order valence-corrected chi connectivity index (χ2v) is 30.4. The second-order valence-electron chi connectivity index (χ2n) is 30.4. The Labute approximate surface area is 777 Å². The van der Waals surface area contributed by atoms with Crippen LogP contribution >= 0.6 is 0 Å². The summed E-state index contributed by atoms with van der Waals surface area (Å²) >= 11 is 0. The van der Waals surface area contributed by atoms with Crippen LogP contribution < -0.4 is 0 Å². The molecule has 16 aromatic carbocycles. The minimum Gasteiger partial charge on any atom is -0.361 e. The van der Waals surface area contributed by atoms with Crippen molar-refractivity contribution in [2.75, 3.05) is 0 Å². The lowest BCUT2D eigenvalue weighted by atomic mass is 9.91. The van der Waals surface area contributed by atoms with Crippen molar-refractivity contribution in [3.63, 3.8) is 0 Å². The smallest absolute Gasteiger partial charge is 0.329 e. The predicted molar refractivity (Wildman–Crippen MR) is 520 cm³/mol. The summed E-state index contributed by atoms with van der Waals surface area (Å²) in [6.07, 6.45) is 0. The first-order chi connectivity index (χ1) is 66.4. The average molecular weight is 1720 g/mol. The van der Waals surface area contributed by atoms with E-state index in [1.165, 1.54) is 0 Å². The zero-order chi connectivity index (χ0) is 93.0. The Bertz CT molecular complexity index is 7550. The first-order valence-electron chi connectivity index (χ1n) is 42.1. The summed E-state index contributed by atoms with van der Waals surface area (Å²) in [5, 5.41) is 0. The Hall–Kier alpha value is -20.7. The van der Waals surface area contributed by atoms with Gasteiger partial charge in [0.25, 0.3) is 0 Å². The summed E-state index contributed by atoms with van der Waals surface area (Å²) in [6, 6.07) is 121. The van der Waals surface area contributed by atoms with Crippen LogP contribution in [0.4, 0.5) is 0 Å². The largest absolute Gasteiger partial charge is 0.361 e. The molecule has 0 saturated carbocycles. The first-order valence-corrected chi connectivity index (χ1v) is 42.1. The van der Waals surface area contributed by atoms with E-state index < -0.39 is 0 Å². The van der Waals surface area contributed by atoms with Crippen LogP contribution in [-0.2, 0) is 0 Å². The molecule has 0 fully saturated rings. The van der Waals surface area contributed by atoms with Crippen molar-refractivity contribution in [3.8, 4) is 71.0 Å². The molecular weight excluding hydrogens is 1660 g/mol. The number of hydrogen-bond acceptors (Lipinski definition) is 0. The van der Waals surface area contributed by atoms with Gasteiger partial charge in [0.1, 0.15) is 0 Å². The standard InChI is InChI=1S/C117H66N18/c118-127-109(91-22-4-1-5-23-91)100-28-10-16-85(70-100)40-34-79-46-58-94(59-47-79)112(130-121)103-31-13-19-88(73-103)43-37-82-52-64-97(65-53-82)115(133-124)106-76-107(116(134-125)98-66-54-83(55-67-98)38-44-89-20-14-32-104(74-89)113(131-122)95-60-48-80(49-61-95)35-41-86-17-11-29-101(71-86)110(128-119)92-24-6-2-7-25-92)78-108(77-106)117(135-126)99-68-56-84(57-69-99)39-45-90-21-15-33-105(75-90)114(132-123)96-62-50-81(51-63-96)36-42-87-18-12-30-102(72-87)111(129-120)93-26-8-3-9-27-93/h1-33,46-78H. The van der Waals surface area contributed by atoms with Crippen LogP contribution in [0.15, 0.2) is 400 Å². The fraction of sp³-hybridized carbons (Fsp3) is 0. The Kier molecular flexibility index (Phi) is 27.6. The molecule has 18 nitrogen and oxygen atoms in total. The van der Waals surface area contributed by atoms with Gasteiger partial charge in [-0.2, -0.15) is 43.1 Å². The van der Waals surface area contributed by atoms with E-state index in [0.29, 0.717) is 151 Å². The van der Waals surface area contributed by atoms with Gasteiger partial charge in [-0.3, -0.25) is 0 Å². The molecule has 0 aliphatic rings. The van der Waals surface area contributed by atoms with Gasteiger partial charge < -0.3 is 49.8 Å². The van der Waals surface area contributed by atoms with E-state index in [4.69, 9.17) is 0 Å². The zero-order valence-corrected chi connectivity index (χ0v) is 71.7. The highest BCUT2D eigenvalue weighted by atomic mass is 14.9. The molecule has 0 saturated heterocycles. The minimum atomic E-state index is 0.103. The molecule has 18 heteroatoms. The normalized spacial score (nSPS) is 9.87. The van der Waals surface area contributed by atoms with E-state index in [1.807, 2.05) is 309 Å². The van der Waals surface area contributed by atoms with Gasteiger partial charge in [0.15, 0.2) is 0 Å². The number of rotatable bonds is 18. The van der Waals surface area contributed by atoms with Crippen LogP contribution in [-0.4, -0.2) is 94.5 Å². The summed E-state index contributed by atoms with van der Waals surface area (Å²) in [5.74, 6) is 38.6. The van der Waals surface area contributed by atoms with Crippen molar-refractivity contribution < 1.29 is 43.1 Å². The van der Waals surface area contributed by atoms with Gasteiger partial charge in [0.2, 0.25) is 0 Å². The van der Waals surface area contributed by atoms with Gasteiger partial charge in [-0.05, 0) is 309 Å². The maximum atomic E-state index is 11.1. The quantitative estimate of drug-likeness (QED) is 0.0335. The summed E-state index contributed by atoms with van der Waals surface area (Å²) in [6.45, 7) is 0. The van der Waals surface area contributed by atoms with Crippen molar-refractivity contribution in [2.45, 2.75) is 0 Å². The van der Waals surface area contributed by atoms with Gasteiger partial charge >= 0.3 is 51.4 Å². The van der Waals surface area contributed by atoms with E-state index in [9.17, 15) is 49.8 Å². The van der Waals surface area contributed by atoms with Crippen molar-refractivity contribution in [1.29, 1.82) is 0 Å². The molecule has 0 heterocycles. The summed E-state index contributed by atoms with van der Waals surface area (Å²) in [7, 11) is 0. The monoisotopic (exact) mass is 1720 g/mol. The molecular formula is C117H66N18. The lowest BCUT2D eigenvalue weighted by Gasteiger charge is -2.06. The molecule has 0 aliphatic heterocycles. The van der Waals surface area contributed by atoms with Crippen LogP contribution in [0.3, 0.4) is 0 Å². The summed E-state index contributed by atoms with van der Waals surface area (Å²) in [4.78, 5) is 33.3. The van der Waals surface area contributed by atoms with Gasteiger partial charge in [-0.25, -0.2) is 0 Å². The van der Waals surface area contributed by atoms with Crippen molar-refractivity contribution in [3.05, 3.63) is 617 Å². The Morgan fingerprint density at radius 3 is 0.385 bits per heavy atom. The van der Waals surface area contributed by atoms with Crippen LogP contribution in [0.2, 0.25) is 0 Å². The molecule has 0 N–H and O–H groups in total. The third-order valence-electron chi connectivity index (χ3n) is 21.7. The molecule has 16 rings (SSSR count). The van der Waals surface area contributed by atoms with E-state index in [-0.39, 0.29) is 17.1 Å². The van der Waals surface area contributed by atoms with Crippen molar-refractivity contribution in [2.24, 2.45) is 0 Å². The van der Waals surface area contributed by atoms with Gasteiger partial charge in [-0.15, -0.1) is 0 Å². The molecule has 0 bridgehead atoms. The fourth-order valence-electron chi connectivity index (χ4n) is 15.0. The SMILES string of the molecule is [N-]=[N+]=C(c1ccccc1)c1cccc(C#Cc2ccc(C(=[N+]=[N-])c3cccc(C#Cc4ccc(C(=[N+]=[N-])c5cc(C(=[N+]=[N-])c6ccc(C#Cc7cccc(C(=[N+]=[N-])c8ccc(C#Cc9cccc(C(=[N+]=[N-])c%10ccccc%10)c9)cc8)c7)cc6)cc(C(=[N+]=[N-])c6ccc(C#Cc7cccc(C(=[N+]=[N-])c8ccc(C#Cc9cccc(C(=[N+]=[N-])c%10ccccc%10)c9)cc8)c7)cc6)c5)cc4)c3)cc2)c1. The number of benzene rings is 16. The third-order valence-corrected chi connectivity index (χ3v) is 21.7. The highest BCUT2D eigenvalue weighted by Crippen LogP contribution is 2.26. The average Bonchev–Trinajstić information content (AvgIpc) is 0.774. The highest BCUT2D eigenvalue weighted by molar-refractivity contribution is 6.18. The van der Waals surface area contributed by atoms with Crippen LogP contribution in [0.5, 0.6) is 0 Å². The van der Waals surface area contributed by atoms with Crippen LogP contribution in [0.25, 0.3) is 49.8 Å². The molecule has 0 aliphatic carbocycles. The number of hydrogen-bond donors (Lipinski definition) is 0. The van der Waals surface area contributed by atoms with Crippen LogP contribution in [0, 0.1) is 71.0 Å². The third kappa shape index (κ3) is 21.5. The summed E-state index contributed by atoms with van der Waals surface area (Å²) in [5.41, 5.74) is 115. The molecule has 0 radical (unpaired) electrons. The topological polar surface area (TPSA) is 328 Å². The molecule has 0 aromatic heterocycles.